The smallest absolute Gasteiger partial charge is 0.273 e. The largest absolute Gasteiger partial charge is 2.00 e. The summed E-state index contributed by atoms with van der Waals surface area (Å²) in [5.41, 5.74) is 0. The summed E-state index contributed by atoms with van der Waals surface area (Å²) in [6, 6.07) is 0. The van der Waals surface area contributed by atoms with Crippen molar-refractivity contribution in [2.24, 2.45) is 0 Å². The van der Waals surface area contributed by atoms with Crippen LogP contribution in [0.4, 0.5) is 0 Å². The molecule has 0 amide bonds. The Morgan fingerprint density at radius 1 is 0.818 bits per heavy atom. The minimum absolute atomic E-state index is 0. The first kappa shape index (κ1) is 10.6. The van der Waals surface area contributed by atoms with Gasteiger partial charge in [-0.3, -0.25) is 12.2 Å². The molecule has 2 aliphatic carbocycles. The molecular formula is C10H10Zn. The van der Waals surface area contributed by atoms with Crippen LogP contribution in [0, 0.1) is 12.2 Å². The van der Waals surface area contributed by atoms with Crippen LogP contribution in [0.3, 0.4) is 0 Å². The minimum Gasteiger partial charge on any atom is -0.273 e. The average molecular weight is 196 g/mol. The predicted octanol–water partition coefficient (Wildman–Crippen LogP) is 2.61. The summed E-state index contributed by atoms with van der Waals surface area (Å²) < 4.78 is 0. The maximum absolute atomic E-state index is 2.99. The van der Waals surface area contributed by atoms with E-state index in [2.05, 4.69) is 24.3 Å². The first-order chi connectivity index (χ1) is 5.00. The molecule has 0 aromatic rings. The maximum Gasteiger partial charge on any atom is 2.00 e. The van der Waals surface area contributed by atoms with Crippen LogP contribution in [0.1, 0.15) is 12.8 Å². The Hall–Kier alpha value is -0.417. The molecule has 52 valence electrons. The van der Waals surface area contributed by atoms with E-state index in [1.807, 2.05) is 24.3 Å². The number of rotatable bonds is 0. The molecule has 0 unspecified atom stereocenters. The molecule has 11 heavy (non-hydrogen) atoms. The molecule has 0 atom stereocenters. The van der Waals surface area contributed by atoms with Crippen molar-refractivity contribution in [1.82, 2.24) is 0 Å². The number of hydrogen-bond acceptors (Lipinski definition) is 0. The summed E-state index contributed by atoms with van der Waals surface area (Å²) in [6.07, 6.45) is 20.0. The molecule has 0 fully saturated rings. The molecule has 0 nitrogen and oxygen atoms in total. The van der Waals surface area contributed by atoms with E-state index in [1.54, 1.807) is 0 Å². The van der Waals surface area contributed by atoms with E-state index < -0.39 is 0 Å². The normalized spacial score (nSPS) is 16.0. The van der Waals surface area contributed by atoms with Gasteiger partial charge < -0.3 is 0 Å². The topological polar surface area (TPSA) is 0 Å². The maximum atomic E-state index is 2.99. The third-order valence-corrected chi connectivity index (χ3v) is 1.17. The van der Waals surface area contributed by atoms with Gasteiger partial charge in [-0.1, -0.05) is 0 Å². The third-order valence-electron chi connectivity index (χ3n) is 1.17. The van der Waals surface area contributed by atoms with E-state index in [4.69, 9.17) is 0 Å². The monoisotopic (exact) mass is 194 g/mol. The van der Waals surface area contributed by atoms with Gasteiger partial charge in [0, 0.05) is 0 Å². The summed E-state index contributed by atoms with van der Waals surface area (Å²) in [5.74, 6) is 0. The standard InChI is InChI=1S/2C5H5.Zn/c2*1-2-4-5-3-1;/h2*1-3H,4H2;/q2*-1;+2. The molecule has 0 bridgehead atoms. The fraction of sp³-hybridized carbons (Fsp3) is 0.200. The Kier molecular flexibility index (Phi) is 7.40. The van der Waals surface area contributed by atoms with Crippen LogP contribution < -0.4 is 0 Å². The fourth-order valence-electron chi connectivity index (χ4n) is 0.680. The fourth-order valence-corrected chi connectivity index (χ4v) is 0.680. The van der Waals surface area contributed by atoms with Crippen LogP contribution in [0.15, 0.2) is 36.5 Å². The zero-order valence-electron chi connectivity index (χ0n) is 6.59. The molecule has 2 rings (SSSR count). The second-order valence-electron chi connectivity index (χ2n) is 2.01. The predicted molar refractivity (Wildman–Crippen MR) is 43.1 cm³/mol. The average Bonchev–Trinajstić information content (AvgIpc) is 2.67. The molecule has 0 radical (unpaired) electrons. The zero-order chi connectivity index (χ0) is 7.07. The second kappa shape index (κ2) is 7.69. The van der Waals surface area contributed by atoms with Gasteiger partial charge in [0.2, 0.25) is 0 Å². The van der Waals surface area contributed by atoms with Crippen molar-refractivity contribution < 1.29 is 19.5 Å². The Labute approximate surface area is 81.1 Å². The Balaban J connectivity index is 0.000000167. The van der Waals surface area contributed by atoms with Crippen molar-refractivity contribution in [3.05, 3.63) is 48.6 Å². The number of hydrogen-bond donors (Lipinski definition) is 0. The molecule has 0 aliphatic heterocycles. The van der Waals surface area contributed by atoms with Crippen LogP contribution in [0.5, 0.6) is 0 Å². The summed E-state index contributed by atoms with van der Waals surface area (Å²) in [4.78, 5) is 0. The molecule has 0 heterocycles. The van der Waals surface area contributed by atoms with Crippen LogP contribution in [0.2, 0.25) is 0 Å². The van der Waals surface area contributed by atoms with Gasteiger partial charge in [0.1, 0.15) is 0 Å². The summed E-state index contributed by atoms with van der Waals surface area (Å²) in [7, 11) is 0. The third kappa shape index (κ3) is 6.00. The van der Waals surface area contributed by atoms with Crippen LogP contribution in [0.25, 0.3) is 0 Å². The van der Waals surface area contributed by atoms with E-state index in [-0.39, 0.29) is 19.5 Å². The van der Waals surface area contributed by atoms with Gasteiger partial charge in [-0.25, -0.2) is 24.3 Å². The van der Waals surface area contributed by atoms with Crippen molar-refractivity contribution in [3.8, 4) is 0 Å². The van der Waals surface area contributed by atoms with Crippen molar-refractivity contribution in [3.63, 3.8) is 0 Å². The van der Waals surface area contributed by atoms with E-state index in [0.29, 0.717) is 0 Å². The molecule has 0 aromatic heterocycles. The minimum atomic E-state index is 0. The van der Waals surface area contributed by atoms with Gasteiger partial charge in [0.05, 0.1) is 0 Å². The second-order valence-corrected chi connectivity index (χ2v) is 2.01. The molecule has 0 saturated heterocycles. The number of allylic oxidation sites excluding steroid dienone is 8. The van der Waals surface area contributed by atoms with E-state index in [9.17, 15) is 0 Å². The van der Waals surface area contributed by atoms with Crippen molar-refractivity contribution in [2.75, 3.05) is 0 Å². The van der Waals surface area contributed by atoms with Crippen molar-refractivity contribution in [2.45, 2.75) is 12.8 Å². The first-order valence-corrected chi connectivity index (χ1v) is 3.43. The van der Waals surface area contributed by atoms with E-state index >= 15 is 0 Å². The van der Waals surface area contributed by atoms with Crippen LogP contribution >= 0.6 is 0 Å². The molecule has 0 saturated carbocycles. The van der Waals surface area contributed by atoms with E-state index in [0.717, 1.165) is 12.8 Å². The van der Waals surface area contributed by atoms with Crippen molar-refractivity contribution >= 4 is 0 Å². The van der Waals surface area contributed by atoms with Gasteiger partial charge in [-0.15, -0.1) is 12.8 Å². The molecule has 0 spiro atoms. The van der Waals surface area contributed by atoms with Gasteiger partial charge in [-0.05, 0) is 0 Å². The Bertz CT molecular complexity index is 143. The molecule has 0 aromatic carbocycles. The van der Waals surface area contributed by atoms with Crippen LogP contribution in [-0.4, -0.2) is 0 Å². The molecule has 1 heteroatoms. The van der Waals surface area contributed by atoms with Crippen molar-refractivity contribution in [1.29, 1.82) is 0 Å². The van der Waals surface area contributed by atoms with Gasteiger partial charge >= 0.3 is 19.5 Å². The quantitative estimate of drug-likeness (QED) is 0.412. The Morgan fingerprint density at radius 2 is 1.27 bits per heavy atom. The van der Waals surface area contributed by atoms with Crippen LogP contribution in [-0.2, 0) is 19.5 Å². The molecule has 0 N–H and O–H groups in total. The summed E-state index contributed by atoms with van der Waals surface area (Å²) in [6.45, 7) is 0. The molecular weight excluding hydrogens is 185 g/mol. The van der Waals surface area contributed by atoms with Gasteiger partial charge in [0.15, 0.2) is 0 Å². The summed E-state index contributed by atoms with van der Waals surface area (Å²) in [5, 5.41) is 0. The zero-order valence-corrected chi connectivity index (χ0v) is 9.55. The first-order valence-electron chi connectivity index (χ1n) is 3.43. The van der Waals surface area contributed by atoms with Gasteiger partial charge in [0.25, 0.3) is 0 Å². The SMILES string of the molecule is [C-]1=CC=CC1.[C-]1=CC=CC1.[Zn+2]. The van der Waals surface area contributed by atoms with E-state index in [1.165, 1.54) is 0 Å². The van der Waals surface area contributed by atoms with Gasteiger partial charge in [-0.2, -0.15) is 12.2 Å². The Morgan fingerprint density at radius 3 is 1.36 bits per heavy atom. The molecule has 2 aliphatic rings. The summed E-state index contributed by atoms with van der Waals surface area (Å²) >= 11 is 0.